The van der Waals surface area contributed by atoms with E-state index in [0.717, 1.165) is 11.1 Å². The molecule has 6 nitrogen and oxygen atoms in total. The molecule has 24 heavy (non-hydrogen) atoms. The second-order valence-electron chi connectivity index (χ2n) is 6.79. The van der Waals surface area contributed by atoms with Crippen molar-refractivity contribution in [3.63, 3.8) is 0 Å². The zero-order valence-electron chi connectivity index (χ0n) is 13.8. The molecule has 2 atom stereocenters. The minimum absolute atomic E-state index is 0.0894. The van der Waals surface area contributed by atoms with E-state index in [2.05, 4.69) is 17.2 Å². The number of nitrogens with zero attached hydrogens (tertiary/aromatic N) is 4. The first-order valence-corrected chi connectivity index (χ1v) is 8.57. The van der Waals surface area contributed by atoms with E-state index in [1.165, 1.54) is 12.8 Å². The van der Waals surface area contributed by atoms with Gasteiger partial charge in [-0.25, -0.2) is 4.68 Å². The molecule has 0 bridgehead atoms. The summed E-state index contributed by atoms with van der Waals surface area (Å²) in [5.74, 6) is 0.722. The van der Waals surface area contributed by atoms with Gasteiger partial charge in [-0.05, 0) is 37.3 Å². The highest BCUT2D eigenvalue weighted by molar-refractivity contribution is 5.95. The fourth-order valence-corrected chi connectivity index (χ4v) is 3.41. The first-order chi connectivity index (χ1) is 11.7. The molecule has 2 aromatic rings. The molecule has 126 valence electrons. The van der Waals surface area contributed by atoms with Gasteiger partial charge < -0.3 is 9.64 Å². The molecule has 2 unspecified atom stereocenters. The van der Waals surface area contributed by atoms with Gasteiger partial charge in [0.15, 0.2) is 0 Å². The summed E-state index contributed by atoms with van der Waals surface area (Å²) in [4.78, 5) is 15.1. The maximum absolute atomic E-state index is 13.1. The predicted octanol–water partition coefficient (Wildman–Crippen LogP) is 1.97. The second kappa shape index (κ2) is 6.36. The molecular weight excluding hydrogens is 304 g/mol. The first-order valence-electron chi connectivity index (χ1n) is 8.57. The van der Waals surface area contributed by atoms with Crippen molar-refractivity contribution in [1.82, 2.24) is 19.9 Å². The number of rotatable bonds is 4. The van der Waals surface area contributed by atoms with Gasteiger partial charge in [0.2, 0.25) is 0 Å². The van der Waals surface area contributed by atoms with Crippen LogP contribution in [0.1, 0.15) is 35.7 Å². The summed E-state index contributed by atoms with van der Waals surface area (Å²) in [7, 11) is 0. The van der Waals surface area contributed by atoms with Gasteiger partial charge in [-0.2, -0.15) is 0 Å². The van der Waals surface area contributed by atoms with Crippen molar-refractivity contribution in [1.29, 1.82) is 0 Å². The average Bonchev–Trinajstić information content (AvgIpc) is 3.32. The Bertz CT molecular complexity index is 712. The van der Waals surface area contributed by atoms with Crippen molar-refractivity contribution in [2.24, 2.45) is 5.92 Å². The highest BCUT2D eigenvalue weighted by atomic mass is 16.5. The number of ether oxygens (including phenoxy) is 1. The van der Waals surface area contributed by atoms with Crippen LogP contribution in [0.25, 0.3) is 0 Å². The molecule has 1 saturated carbocycles. The Hall–Kier alpha value is -2.21. The summed E-state index contributed by atoms with van der Waals surface area (Å²) in [5, 5.41) is 7.83. The van der Waals surface area contributed by atoms with Crippen LogP contribution >= 0.6 is 0 Å². The van der Waals surface area contributed by atoms with Crippen molar-refractivity contribution in [3.05, 3.63) is 47.8 Å². The normalized spacial score (nSPS) is 24.1. The third-order valence-corrected chi connectivity index (χ3v) is 4.77. The van der Waals surface area contributed by atoms with Crippen molar-refractivity contribution >= 4 is 5.91 Å². The molecule has 1 aliphatic carbocycles. The molecule has 6 heteroatoms. The molecular formula is C18H22N4O2. The van der Waals surface area contributed by atoms with E-state index in [0.29, 0.717) is 25.6 Å². The number of carbonyl (C=O) groups is 1. The highest BCUT2D eigenvalue weighted by Gasteiger charge is 2.38. The van der Waals surface area contributed by atoms with Gasteiger partial charge in [-0.1, -0.05) is 23.4 Å². The summed E-state index contributed by atoms with van der Waals surface area (Å²) in [6, 6.07) is 7.76. The van der Waals surface area contributed by atoms with Gasteiger partial charge in [0.05, 0.1) is 24.9 Å². The molecule has 4 rings (SSSR count). The molecule has 0 N–H and O–H groups in total. The van der Waals surface area contributed by atoms with Crippen LogP contribution in [0.2, 0.25) is 0 Å². The van der Waals surface area contributed by atoms with E-state index in [9.17, 15) is 4.79 Å². The fourth-order valence-electron chi connectivity index (χ4n) is 3.41. The van der Waals surface area contributed by atoms with Crippen molar-refractivity contribution in [2.45, 2.75) is 38.5 Å². The Morgan fingerprint density at radius 2 is 2.12 bits per heavy atom. The molecule has 1 amide bonds. The van der Waals surface area contributed by atoms with Crippen LogP contribution < -0.4 is 0 Å². The van der Waals surface area contributed by atoms with Crippen LogP contribution in [-0.2, 0) is 11.3 Å². The third-order valence-electron chi connectivity index (χ3n) is 4.77. The molecule has 1 saturated heterocycles. The molecule has 2 heterocycles. The molecule has 1 aliphatic heterocycles. The molecule has 2 aliphatic rings. The number of hydrogen-bond donors (Lipinski definition) is 0. The van der Waals surface area contributed by atoms with Crippen LogP contribution in [0.3, 0.4) is 0 Å². The number of aromatic nitrogens is 3. The molecule has 2 fully saturated rings. The maximum atomic E-state index is 13.1. The molecule has 1 aromatic heterocycles. The molecule has 1 aromatic carbocycles. The summed E-state index contributed by atoms with van der Waals surface area (Å²) in [6.07, 6.45) is 6.19. The zero-order chi connectivity index (χ0) is 16.5. The second-order valence-corrected chi connectivity index (χ2v) is 6.79. The minimum atomic E-state index is 0.0894. The average molecular weight is 326 g/mol. The standard InChI is InChI=1S/C18H22N4O2/c1-13-10-21(12-17(24-13)14-6-7-14)18(23)16-5-3-2-4-15(16)11-22-9-8-19-20-22/h2-5,8-9,13-14,17H,6-7,10-12H2,1H3. The number of benzene rings is 1. The number of amides is 1. The largest absolute Gasteiger partial charge is 0.371 e. The van der Waals surface area contributed by atoms with Gasteiger partial charge in [-0.3, -0.25) is 4.79 Å². The van der Waals surface area contributed by atoms with Crippen LogP contribution in [-0.4, -0.2) is 51.1 Å². The van der Waals surface area contributed by atoms with Gasteiger partial charge in [0.1, 0.15) is 0 Å². The van der Waals surface area contributed by atoms with E-state index in [-0.39, 0.29) is 18.1 Å². The van der Waals surface area contributed by atoms with Gasteiger partial charge >= 0.3 is 0 Å². The maximum Gasteiger partial charge on any atom is 0.254 e. The SMILES string of the molecule is CC1CN(C(=O)c2ccccc2Cn2ccnn2)CC(C2CC2)O1. The Labute approximate surface area is 141 Å². The summed E-state index contributed by atoms with van der Waals surface area (Å²) in [6.45, 7) is 3.95. The van der Waals surface area contributed by atoms with E-state index < -0.39 is 0 Å². The van der Waals surface area contributed by atoms with E-state index in [4.69, 9.17) is 4.74 Å². The van der Waals surface area contributed by atoms with Crippen LogP contribution in [0.15, 0.2) is 36.7 Å². The van der Waals surface area contributed by atoms with Gasteiger partial charge in [0.25, 0.3) is 5.91 Å². The predicted molar refractivity (Wildman–Crippen MR) is 88.5 cm³/mol. The zero-order valence-corrected chi connectivity index (χ0v) is 13.8. The monoisotopic (exact) mass is 326 g/mol. The third kappa shape index (κ3) is 3.19. The van der Waals surface area contributed by atoms with Crippen molar-refractivity contribution in [3.8, 4) is 0 Å². The minimum Gasteiger partial charge on any atom is -0.371 e. The summed E-state index contributed by atoms with van der Waals surface area (Å²) in [5.41, 5.74) is 1.71. The summed E-state index contributed by atoms with van der Waals surface area (Å²) < 4.78 is 7.76. The van der Waals surface area contributed by atoms with Crippen LogP contribution in [0.4, 0.5) is 0 Å². The highest BCUT2D eigenvalue weighted by Crippen LogP contribution is 2.37. The Morgan fingerprint density at radius 1 is 1.29 bits per heavy atom. The Balaban J connectivity index is 1.55. The van der Waals surface area contributed by atoms with Crippen LogP contribution in [0.5, 0.6) is 0 Å². The van der Waals surface area contributed by atoms with E-state index >= 15 is 0 Å². The molecule has 0 spiro atoms. The quantitative estimate of drug-likeness (QED) is 0.862. The van der Waals surface area contributed by atoms with E-state index in [1.54, 1.807) is 17.1 Å². The van der Waals surface area contributed by atoms with E-state index in [1.807, 2.05) is 29.2 Å². The Kier molecular flexibility index (Phi) is 4.06. The first kappa shape index (κ1) is 15.3. The fraction of sp³-hybridized carbons (Fsp3) is 0.500. The smallest absolute Gasteiger partial charge is 0.254 e. The number of morpholine rings is 1. The number of hydrogen-bond acceptors (Lipinski definition) is 4. The number of carbonyl (C=O) groups excluding carboxylic acids is 1. The Morgan fingerprint density at radius 3 is 2.88 bits per heavy atom. The van der Waals surface area contributed by atoms with Crippen molar-refractivity contribution < 1.29 is 9.53 Å². The van der Waals surface area contributed by atoms with Crippen molar-refractivity contribution in [2.75, 3.05) is 13.1 Å². The topological polar surface area (TPSA) is 60.2 Å². The lowest BCUT2D eigenvalue weighted by Gasteiger charge is -2.37. The van der Waals surface area contributed by atoms with Gasteiger partial charge in [-0.15, -0.1) is 5.10 Å². The lowest BCUT2D eigenvalue weighted by atomic mass is 10.0. The lowest BCUT2D eigenvalue weighted by Crippen LogP contribution is -2.50. The van der Waals surface area contributed by atoms with Gasteiger partial charge in [0, 0.05) is 24.8 Å². The van der Waals surface area contributed by atoms with Crippen LogP contribution in [0, 0.1) is 5.92 Å². The lowest BCUT2D eigenvalue weighted by molar-refractivity contribution is -0.0761. The summed E-state index contributed by atoms with van der Waals surface area (Å²) >= 11 is 0. The molecule has 0 radical (unpaired) electrons.